The molecular weight excluding hydrogens is 347 g/mol. The quantitative estimate of drug-likeness (QED) is 0.563. The van der Waals surface area contributed by atoms with Crippen molar-refractivity contribution in [3.8, 4) is 11.3 Å². The fourth-order valence-corrected chi connectivity index (χ4v) is 3.59. The van der Waals surface area contributed by atoms with Crippen LogP contribution in [0.25, 0.3) is 17.0 Å². The summed E-state index contributed by atoms with van der Waals surface area (Å²) in [4.78, 5) is 5.53. The Bertz CT molecular complexity index is 803. The van der Waals surface area contributed by atoms with Crippen LogP contribution in [0.1, 0.15) is 63.4 Å². The minimum absolute atomic E-state index is 0.528. The molecule has 0 saturated carbocycles. The van der Waals surface area contributed by atoms with E-state index in [1.54, 1.807) is 11.1 Å². The lowest BCUT2D eigenvalue weighted by Gasteiger charge is -2.32. The molecule has 2 aromatic rings. The largest absolute Gasteiger partial charge is 0.251 e. The summed E-state index contributed by atoms with van der Waals surface area (Å²) in [7, 11) is 0. The van der Waals surface area contributed by atoms with Crippen LogP contribution in [0.3, 0.4) is 0 Å². The summed E-state index contributed by atoms with van der Waals surface area (Å²) in [5, 5.41) is 5.61. The normalized spacial score (nSPS) is 12.2. The molecule has 1 aliphatic rings. The highest BCUT2D eigenvalue weighted by Gasteiger charge is 2.36. The summed E-state index contributed by atoms with van der Waals surface area (Å²) in [5.41, 5.74) is 3.49. The maximum Gasteiger partial charge on any atom is 0.132 e. The molecule has 0 atom stereocenters. The molecule has 1 aliphatic heterocycles. The average molecular weight is 377 g/mol. The minimum atomic E-state index is -1.53. The van der Waals surface area contributed by atoms with Gasteiger partial charge in [0.05, 0.1) is 22.0 Å². The molecule has 3 rings (SSSR count). The third-order valence-corrected chi connectivity index (χ3v) is 4.72. The minimum Gasteiger partial charge on any atom is -0.251 e. The van der Waals surface area contributed by atoms with Crippen molar-refractivity contribution in [1.29, 1.82) is 0 Å². The number of aromatic nitrogens is 2. The first kappa shape index (κ1) is 22.0. The van der Waals surface area contributed by atoms with Crippen LogP contribution >= 0.6 is 11.5 Å². The van der Waals surface area contributed by atoms with Gasteiger partial charge in [-0.25, -0.2) is 9.40 Å². The van der Waals surface area contributed by atoms with Crippen molar-refractivity contribution >= 4 is 29.6 Å². The number of fused-ring (bicyclic) bond motifs is 3. The first-order valence-corrected chi connectivity index (χ1v) is 9.66. The zero-order valence-electron chi connectivity index (χ0n) is 17.1. The van der Waals surface area contributed by atoms with Gasteiger partial charge in [0.25, 0.3) is 0 Å². The lowest BCUT2D eigenvalue weighted by atomic mass is 9.92. The molecular formula is C20H29FN4S. The van der Waals surface area contributed by atoms with Crippen molar-refractivity contribution in [3.05, 3.63) is 34.5 Å². The lowest BCUT2D eigenvalue weighted by Crippen LogP contribution is -2.24. The van der Waals surface area contributed by atoms with E-state index in [0.29, 0.717) is 22.6 Å². The molecule has 0 aromatic carbocycles. The second-order valence-corrected chi connectivity index (χ2v) is 6.63. The van der Waals surface area contributed by atoms with Gasteiger partial charge in [0.1, 0.15) is 11.4 Å². The van der Waals surface area contributed by atoms with Crippen molar-refractivity contribution in [2.75, 3.05) is 5.01 Å². The Morgan fingerprint density at radius 3 is 2.27 bits per heavy atom. The zero-order chi connectivity index (χ0) is 20.2. The van der Waals surface area contributed by atoms with Gasteiger partial charge in [-0.3, -0.25) is 4.98 Å². The predicted molar refractivity (Wildman–Crippen MR) is 113 cm³/mol. The van der Waals surface area contributed by atoms with Crippen LogP contribution in [0.2, 0.25) is 0 Å². The molecule has 0 radical (unpaired) electrons. The number of halogens is 1. The molecule has 0 saturated heterocycles. The van der Waals surface area contributed by atoms with Crippen molar-refractivity contribution in [2.24, 2.45) is 5.10 Å². The van der Waals surface area contributed by atoms with E-state index in [1.165, 1.54) is 25.4 Å². The van der Waals surface area contributed by atoms with Crippen molar-refractivity contribution in [2.45, 2.75) is 61.1 Å². The number of aryl methyl sites for hydroxylation is 2. The number of anilines is 1. The van der Waals surface area contributed by atoms with E-state index < -0.39 is 5.67 Å². The maximum atomic E-state index is 14.8. The van der Waals surface area contributed by atoms with Gasteiger partial charge in [0.2, 0.25) is 0 Å². The zero-order valence-corrected chi connectivity index (χ0v) is 17.9. The molecule has 0 unspecified atom stereocenters. The highest BCUT2D eigenvalue weighted by molar-refractivity contribution is 7.07. The van der Waals surface area contributed by atoms with Crippen molar-refractivity contribution in [1.82, 2.24) is 9.36 Å². The highest BCUT2D eigenvalue weighted by atomic mass is 32.1. The molecule has 0 spiro atoms. The maximum absolute atomic E-state index is 14.8. The first-order chi connectivity index (χ1) is 12.3. The Morgan fingerprint density at radius 1 is 1.19 bits per heavy atom. The molecule has 6 heteroatoms. The molecule has 0 N–H and O–H groups in total. The number of hydrogen-bond acceptors (Lipinski definition) is 5. The fraction of sp³-hybridized carbons (Fsp3) is 0.450. The summed E-state index contributed by atoms with van der Waals surface area (Å²) in [6.45, 7) is 22.5. The van der Waals surface area contributed by atoms with Crippen LogP contribution < -0.4 is 5.01 Å². The number of hydrazone groups is 1. The second kappa shape index (κ2) is 8.54. The number of alkyl halides is 1. The van der Waals surface area contributed by atoms with Crippen LogP contribution in [0, 0.1) is 13.8 Å². The summed E-state index contributed by atoms with van der Waals surface area (Å²) in [6, 6.07) is 1.75. The highest BCUT2D eigenvalue weighted by Crippen LogP contribution is 2.50. The summed E-state index contributed by atoms with van der Waals surface area (Å²) in [5.74, 6) is 0. The van der Waals surface area contributed by atoms with E-state index in [2.05, 4.69) is 27.8 Å². The van der Waals surface area contributed by atoms with E-state index in [9.17, 15) is 4.39 Å². The number of pyridine rings is 1. The Labute approximate surface area is 160 Å². The van der Waals surface area contributed by atoms with Gasteiger partial charge in [-0.2, -0.15) is 9.47 Å². The third-order valence-electron chi connectivity index (χ3n) is 3.73. The van der Waals surface area contributed by atoms with E-state index >= 15 is 0 Å². The molecule has 0 fully saturated rings. The second-order valence-electron chi connectivity index (χ2n) is 5.85. The van der Waals surface area contributed by atoms with E-state index in [4.69, 9.17) is 0 Å². The topological polar surface area (TPSA) is 41.4 Å². The molecule has 26 heavy (non-hydrogen) atoms. The number of rotatable bonds is 2. The molecule has 3 heterocycles. The van der Waals surface area contributed by atoms with Gasteiger partial charge in [0.15, 0.2) is 0 Å². The van der Waals surface area contributed by atoms with Crippen molar-refractivity contribution in [3.63, 3.8) is 0 Å². The molecule has 2 aromatic heterocycles. The fourth-order valence-electron chi connectivity index (χ4n) is 2.74. The van der Waals surface area contributed by atoms with Crippen LogP contribution in [0.15, 0.2) is 17.7 Å². The van der Waals surface area contributed by atoms with E-state index in [-0.39, 0.29) is 0 Å². The molecule has 4 nitrogen and oxygen atoms in total. The summed E-state index contributed by atoms with van der Waals surface area (Å²) >= 11 is 1.35. The SMILES string of the molecule is C=NN1C(=C)c2snc(C)c2-c2nc(C)cc(C(C)(C)F)c21.CC.CC. The Kier molecular flexibility index (Phi) is 7.21. The molecule has 0 amide bonds. The van der Waals surface area contributed by atoms with Crippen LogP contribution in [0.4, 0.5) is 10.1 Å². The van der Waals surface area contributed by atoms with Gasteiger partial charge in [-0.15, -0.1) is 0 Å². The summed E-state index contributed by atoms with van der Waals surface area (Å²) < 4.78 is 19.2. The number of nitrogens with zero attached hydrogens (tertiary/aromatic N) is 4. The van der Waals surface area contributed by atoms with Gasteiger partial charge >= 0.3 is 0 Å². The Hall–Kier alpha value is -2.08. The van der Waals surface area contributed by atoms with Crippen LogP contribution in [-0.4, -0.2) is 16.1 Å². The smallest absolute Gasteiger partial charge is 0.132 e. The molecule has 0 bridgehead atoms. The van der Waals surface area contributed by atoms with Gasteiger partial charge < -0.3 is 0 Å². The van der Waals surface area contributed by atoms with E-state index in [1.807, 2.05) is 41.5 Å². The standard InChI is InChI=1S/C16H17FN4S.2C2H6/c1-8-7-11(16(4,5)17)14-13(19-8)12-9(2)20-22-15(12)10(3)21(14)18-6;2*1-2/h7H,3,6H2,1-2,4-5H3;2*1-2H3. The van der Waals surface area contributed by atoms with Crippen LogP contribution in [-0.2, 0) is 5.67 Å². The number of hydrogen-bond donors (Lipinski definition) is 0. The molecule has 142 valence electrons. The van der Waals surface area contributed by atoms with Gasteiger partial charge in [-0.05, 0) is 45.3 Å². The first-order valence-electron chi connectivity index (χ1n) is 8.89. The summed E-state index contributed by atoms with van der Waals surface area (Å²) in [6.07, 6.45) is 0. The Balaban J connectivity index is 0.000000791. The van der Waals surface area contributed by atoms with Crippen molar-refractivity contribution < 1.29 is 4.39 Å². The Morgan fingerprint density at radius 2 is 1.77 bits per heavy atom. The molecule has 0 aliphatic carbocycles. The van der Waals surface area contributed by atoms with Crippen LogP contribution in [0.5, 0.6) is 0 Å². The van der Waals surface area contributed by atoms with Gasteiger partial charge in [-0.1, -0.05) is 34.3 Å². The average Bonchev–Trinajstić information content (AvgIpc) is 3.00. The monoisotopic (exact) mass is 376 g/mol. The predicted octanol–water partition coefficient (Wildman–Crippen LogP) is 6.49. The van der Waals surface area contributed by atoms with Gasteiger partial charge in [0, 0.05) is 23.5 Å². The van der Waals surface area contributed by atoms with E-state index in [0.717, 1.165) is 21.8 Å². The third kappa shape index (κ3) is 3.70. The lowest BCUT2D eigenvalue weighted by molar-refractivity contribution is 0.222.